The van der Waals surface area contributed by atoms with E-state index in [-0.39, 0.29) is 5.96 Å². The molecule has 0 radical (unpaired) electrons. The molecule has 0 aromatic heterocycles. The van der Waals surface area contributed by atoms with Crippen molar-refractivity contribution in [2.45, 2.75) is 13.3 Å². The minimum atomic E-state index is 0.106. The summed E-state index contributed by atoms with van der Waals surface area (Å²) < 4.78 is 0. The first-order chi connectivity index (χ1) is 6.26. The first kappa shape index (κ1) is 10.3. The number of aliphatic imine (C=N–C) groups is 1. The van der Waals surface area contributed by atoms with Crippen molar-refractivity contribution in [3.05, 3.63) is 0 Å². The van der Waals surface area contributed by atoms with E-state index in [0.29, 0.717) is 12.5 Å². The molecule has 1 fully saturated rings. The van der Waals surface area contributed by atoms with Crippen LogP contribution >= 0.6 is 0 Å². The number of hydrogen-bond donors (Lipinski definition) is 3. The van der Waals surface area contributed by atoms with Gasteiger partial charge in [-0.2, -0.15) is 0 Å². The van der Waals surface area contributed by atoms with Crippen LogP contribution in [0.3, 0.4) is 0 Å². The van der Waals surface area contributed by atoms with E-state index in [1.807, 2.05) is 5.48 Å². The van der Waals surface area contributed by atoms with Gasteiger partial charge in [0.15, 0.2) is 0 Å². The van der Waals surface area contributed by atoms with E-state index >= 15 is 0 Å². The molecular weight excluding hydrogens is 168 g/mol. The highest BCUT2D eigenvalue weighted by molar-refractivity contribution is 5.76. The summed E-state index contributed by atoms with van der Waals surface area (Å²) in [5.41, 5.74) is 7.12. The highest BCUT2D eigenvalue weighted by Gasteiger charge is 2.20. The van der Waals surface area contributed by atoms with Crippen LogP contribution in [-0.4, -0.2) is 42.2 Å². The van der Waals surface area contributed by atoms with Gasteiger partial charge in [0, 0.05) is 13.1 Å². The van der Waals surface area contributed by atoms with E-state index in [2.05, 4.69) is 16.8 Å². The van der Waals surface area contributed by atoms with Crippen molar-refractivity contribution < 1.29 is 5.21 Å². The Morgan fingerprint density at radius 2 is 2.54 bits per heavy atom. The Bertz CT molecular complexity index is 183. The van der Waals surface area contributed by atoms with Crippen LogP contribution in [0.4, 0.5) is 0 Å². The molecule has 0 spiro atoms. The summed E-state index contributed by atoms with van der Waals surface area (Å²) in [4.78, 5) is 6.39. The van der Waals surface area contributed by atoms with Gasteiger partial charge in [-0.15, -0.1) is 0 Å². The van der Waals surface area contributed by atoms with Crippen LogP contribution in [0, 0.1) is 5.92 Å². The summed E-state index contributed by atoms with van der Waals surface area (Å²) in [7, 11) is 0. The largest absolute Gasteiger partial charge is 0.368 e. The fourth-order valence-electron chi connectivity index (χ4n) is 1.61. The topological polar surface area (TPSA) is 73.9 Å². The van der Waals surface area contributed by atoms with Crippen molar-refractivity contribution in [2.24, 2.45) is 16.6 Å². The summed E-state index contributed by atoms with van der Waals surface area (Å²) in [6.07, 6.45) is 1.18. The molecule has 0 bridgehead atoms. The Morgan fingerprint density at radius 1 is 1.77 bits per heavy atom. The van der Waals surface area contributed by atoms with Crippen molar-refractivity contribution in [1.29, 1.82) is 0 Å². The molecule has 1 rings (SSSR count). The molecule has 4 N–H and O–H groups in total. The number of hydrogen-bond acceptors (Lipinski definition) is 3. The van der Waals surface area contributed by atoms with Crippen molar-refractivity contribution in [3.63, 3.8) is 0 Å². The lowest BCUT2D eigenvalue weighted by Crippen LogP contribution is -2.29. The third-order valence-corrected chi connectivity index (χ3v) is 2.45. The fraction of sp³-hybridized carbons (Fsp3) is 0.875. The average molecular weight is 186 g/mol. The lowest BCUT2D eigenvalue weighted by atomic mass is 10.1. The Balaban J connectivity index is 2.24. The van der Waals surface area contributed by atoms with Gasteiger partial charge in [0.25, 0.3) is 0 Å². The summed E-state index contributed by atoms with van der Waals surface area (Å²) in [5, 5.41) is 8.39. The summed E-state index contributed by atoms with van der Waals surface area (Å²) in [6.45, 7) is 6.22. The SMILES string of the molecule is CCN1CCC(CN=C(N)NO)C1. The van der Waals surface area contributed by atoms with Gasteiger partial charge in [-0.3, -0.25) is 10.2 Å². The fourth-order valence-corrected chi connectivity index (χ4v) is 1.61. The molecule has 0 saturated carbocycles. The van der Waals surface area contributed by atoms with Gasteiger partial charge in [-0.05, 0) is 25.4 Å². The van der Waals surface area contributed by atoms with Crippen LogP contribution in [-0.2, 0) is 0 Å². The number of hydroxylamine groups is 1. The molecule has 0 amide bonds. The quantitative estimate of drug-likeness (QED) is 0.319. The van der Waals surface area contributed by atoms with Gasteiger partial charge in [0.2, 0.25) is 5.96 Å². The van der Waals surface area contributed by atoms with Gasteiger partial charge in [-0.1, -0.05) is 6.92 Å². The Morgan fingerprint density at radius 3 is 3.08 bits per heavy atom. The Labute approximate surface area is 78.6 Å². The van der Waals surface area contributed by atoms with Crippen LogP contribution < -0.4 is 11.2 Å². The van der Waals surface area contributed by atoms with Crippen LogP contribution in [0.2, 0.25) is 0 Å². The van der Waals surface area contributed by atoms with Crippen LogP contribution in [0.5, 0.6) is 0 Å². The summed E-state index contributed by atoms with van der Waals surface area (Å²) in [5.74, 6) is 0.696. The molecule has 0 aliphatic carbocycles. The highest BCUT2D eigenvalue weighted by Crippen LogP contribution is 2.15. The van der Waals surface area contributed by atoms with E-state index in [1.54, 1.807) is 0 Å². The standard InChI is InChI=1S/C8H18N4O/c1-2-12-4-3-7(6-12)5-10-8(9)11-13/h7,13H,2-6H2,1H3,(H3,9,10,11). The molecule has 1 aliphatic rings. The van der Waals surface area contributed by atoms with Gasteiger partial charge in [0.05, 0.1) is 0 Å². The molecule has 1 saturated heterocycles. The number of rotatable bonds is 3. The molecule has 13 heavy (non-hydrogen) atoms. The second-order valence-corrected chi connectivity index (χ2v) is 3.39. The van der Waals surface area contributed by atoms with Crippen molar-refractivity contribution in [1.82, 2.24) is 10.4 Å². The van der Waals surface area contributed by atoms with E-state index in [4.69, 9.17) is 10.9 Å². The smallest absolute Gasteiger partial charge is 0.212 e. The van der Waals surface area contributed by atoms with Crippen LogP contribution in [0.25, 0.3) is 0 Å². The molecule has 5 heteroatoms. The molecule has 5 nitrogen and oxygen atoms in total. The van der Waals surface area contributed by atoms with E-state index < -0.39 is 0 Å². The van der Waals surface area contributed by atoms with Crippen molar-refractivity contribution in [2.75, 3.05) is 26.2 Å². The number of guanidine groups is 1. The predicted molar refractivity (Wildman–Crippen MR) is 51.6 cm³/mol. The van der Waals surface area contributed by atoms with Gasteiger partial charge < -0.3 is 10.6 Å². The average Bonchev–Trinajstić information content (AvgIpc) is 2.61. The molecule has 1 atom stereocenters. The zero-order chi connectivity index (χ0) is 9.68. The maximum Gasteiger partial charge on any atom is 0.212 e. The number of nitrogens with two attached hydrogens (primary N) is 1. The molecule has 0 aromatic rings. The zero-order valence-electron chi connectivity index (χ0n) is 8.03. The first-order valence-corrected chi connectivity index (χ1v) is 4.68. The molecule has 1 unspecified atom stereocenters. The molecule has 1 heterocycles. The van der Waals surface area contributed by atoms with Crippen LogP contribution in [0.1, 0.15) is 13.3 Å². The number of likely N-dealkylation sites (tertiary alicyclic amines) is 1. The molecular formula is C8H18N4O. The van der Waals surface area contributed by atoms with Gasteiger partial charge >= 0.3 is 0 Å². The maximum atomic E-state index is 8.39. The minimum Gasteiger partial charge on any atom is -0.368 e. The predicted octanol–water partition coefficient (Wildman–Crippen LogP) is -0.378. The minimum absolute atomic E-state index is 0.106. The zero-order valence-corrected chi connectivity index (χ0v) is 8.03. The highest BCUT2D eigenvalue weighted by atomic mass is 16.5. The van der Waals surface area contributed by atoms with Gasteiger partial charge in [0.1, 0.15) is 0 Å². The monoisotopic (exact) mass is 186 g/mol. The third kappa shape index (κ3) is 3.20. The lowest BCUT2D eigenvalue weighted by molar-refractivity contribution is 0.232. The van der Waals surface area contributed by atoms with Crippen LogP contribution in [0.15, 0.2) is 4.99 Å². The summed E-state index contributed by atoms with van der Waals surface area (Å²) >= 11 is 0. The lowest BCUT2D eigenvalue weighted by Gasteiger charge is -2.11. The number of nitrogens with zero attached hydrogens (tertiary/aromatic N) is 2. The molecule has 76 valence electrons. The van der Waals surface area contributed by atoms with Crippen molar-refractivity contribution >= 4 is 5.96 Å². The van der Waals surface area contributed by atoms with E-state index in [9.17, 15) is 0 Å². The van der Waals surface area contributed by atoms with E-state index in [1.165, 1.54) is 6.42 Å². The third-order valence-electron chi connectivity index (χ3n) is 2.45. The van der Waals surface area contributed by atoms with Gasteiger partial charge in [-0.25, -0.2) is 5.48 Å². The first-order valence-electron chi connectivity index (χ1n) is 4.68. The second-order valence-electron chi connectivity index (χ2n) is 3.39. The maximum absolute atomic E-state index is 8.39. The van der Waals surface area contributed by atoms with E-state index in [0.717, 1.165) is 19.6 Å². The normalized spacial score (nSPS) is 25.1. The van der Waals surface area contributed by atoms with Crippen molar-refractivity contribution in [3.8, 4) is 0 Å². The molecule has 0 aromatic carbocycles. The summed E-state index contributed by atoms with van der Waals surface area (Å²) in [6, 6.07) is 0. The number of nitrogens with one attached hydrogen (secondary N) is 1. The Kier molecular flexibility index (Phi) is 3.98. The molecule has 1 aliphatic heterocycles. The Hall–Kier alpha value is -0.810. The second kappa shape index (κ2) is 5.04.